The molecule has 4 rings (SSSR count). The second-order valence-electron chi connectivity index (χ2n) is 8.76. The molecule has 3 aromatic heterocycles. The quantitative estimate of drug-likeness (QED) is 0.418. The van der Waals surface area contributed by atoms with Gasteiger partial charge in [-0.2, -0.15) is 13.1 Å². The Hall–Kier alpha value is -2.15. The van der Waals surface area contributed by atoms with Gasteiger partial charge in [-0.25, -0.2) is 8.42 Å². The summed E-state index contributed by atoms with van der Waals surface area (Å²) >= 11 is 2.05. The zero-order chi connectivity index (χ0) is 24.1. The van der Waals surface area contributed by atoms with Gasteiger partial charge in [-0.3, -0.25) is 0 Å². The van der Waals surface area contributed by atoms with E-state index in [2.05, 4.69) is 27.9 Å². The molecule has 2 N–H and O–H groups in total. The average molecular weight is 512 g/mol. The first-order chi connectivity index (χ1) is 15.5. The third-order valence-corrected chi connectivity index (χ3v) is 9.89. The molecule has 1 aliphatic rings. The topological polar surface area (TPSA) is 112 Å². The fraction of sp³-hybridized carbons (Fsp3) is 0.524. The average Bonchev–Trinajstić information content (AvgIpc) is 3.22. The van der Waals surface area contributed by atoms with Crippen LogP contribution in [-0.2, 0) is 10.0 Å². The zero-order valence-electron chi connectivity index (χ0n) is 19.5. The van der Waals surface area contributed by atoms with Crippen molar-refractivity contribution in [2.24, 2.45) is 5.92 Å². The van der Waals surface area contributed by atoms with Gasteiger partial charge < -0.3 is 19.7 Å². The van der Waals surface area contributed by atoms with Gasteiger partial charge >= 0.3 is 0 Å². The van der Waals surface area contributed by atoms with E-state index in [0.29, 0.717) is 17.3 Å². The van der Waals surface area contributed by atoms with Crippen molar-refractivity contribution in [1.82, 2.24) is 13.1 Å². The van der Waals surface area contributed by atoms with Crippen LogP contribution in [0.5, 0.6) is 5.75 Å². The highest BCUT2D eigenvalue weighted by Gasteiger charge is 2.38. The largest absolute Gasteiger partial charge is 0.504 e. The van der Waals surface area contributed by atoms with Gasteiger partial charge in [-0.05, 0) is 44.2 Å². The summed E-state index contributed by atoms with van der Waals surface area (Å²) in [6, 6.07) is 1.90. The number of aromatic hydroxyl groups is 1. The SMILES string of the molecule is Cc1cc([C@H](Nc2nsnc2N(C)c2csc(S(=O)(=O)N(C)C3CC3)c2O)C(C)C)oc1C. The first-order valence-electron chi connectivity index (χ1n) is 10.7. The summed E-state index contributed by atoms with van der Waals surface area (Å²) in [5, 5.41) is 15.9. The molecule has 3 heterocycles. The van der Waals surface area contributed by atoms with Crippen molar-refractivity contribution in [1.29, 1.82) is 0 Å². The van der Waals surface area contributed by atoms with Crippen molar-refractivity contribution >= 4 is 50.4 Å². The molecule has 0 saturated heterocycles. The van der Waals surface area contributed by atoms with Crippen molar-refractivity contribution in [2.45, 2.75) is 56.8 Å². The first-order valence-corrected chi connectivity index (χ1v) is 13.8. The fourth-order valence-corrected chi connectivity index (χ4v) is 7.03. The molecule has 1 aliphatic carbocycles. The highest BCUT2D eigenvalue weighted by Crippen LogP contribution is 2.45. The normalized spacial score (nSPS) is 15.4. The maximum atomic E-state index is 12.9. The molecule has 0 radical (unpaired) electrons. The second kappa shape index (κ2) is 8.90. The van der Waals surface area contributed by atoms with Crippen molar-refractivity contribution in [3.63, 3.8) is 0 Å². The van der Waals surface area contributed by atoms with Gasteiger partial charge in [0.1, 0.15) is 11.5 Å². The Balaban J connectivity index is 1.62. The van der Waals surface area contributed by atoms with Gasteiger partial charge in [-0.15, -0.1) is 11.3 Å². The smallest absolute Gasteiger partial charge is 0.256 e. The van der Waals surface area contributed by atoms with E-state index in [4.69, 9.17) is 4.42 Å². The molecule has 3 aromatic rings. The summed E-state index contributed by atoms with van der Waals surface area (Å²) in [5.74, 6) is 2.66. The number of hydrogen-bond donors (Lipinski definition) is 2. The molecule has 9 nitrogen and oxygen atoms in total. The summed E-state index contributed by atoms with van der Waals surface area (Å²) < 4.78 is 41.9. The van der Waals surface area contributed by atoms with Gasteiger partial charge in [0.05, 0.1) is 23.5 Å². The molecule has 0 spiro atoms. The van der Waals surface area contributed by atoms with Crippen molar-refractivity contribution in [3.05, 3.63) is 28.5 Å². The highest BCUT2D eigenvalue weighted by molar-refractivity contribution is 7.91. The molecule has 0 amide bonds. The van der Waals surface area contributed by atoms with E-state index in [9.17, 15) is 13.5 Å². The van der Waals surface area contributed by atoms with Gasteiger partial charge in [0, 0.05) is 25.5 Å². The van der Waals surface area contributed by atoms with Gasteiger partial charge in [0.15, 0.2) is 21.6 Å². The fourth-order valence-electron chi connectivity index (χ4n) is 3.59. The van der Waals surface area contributed by atoms with E-state index < -0.39 is 10.0 Å². The Morgan fingerprint density at radius 2 is 1.94 bits per heavy atom. The van der Waals surface area contributed by atoms with Gasteiger partial charge in [0.25, 0.3) is 10.0 Å². The number of thiophene rings is 1. The van der Waals surface area contributed by atoms with Crippen LogP contribution in [0.15, 0.2) is 20.1 Å². The Morgan fingerprint density at radius 1 is 1.24 bits per heavy atom. The summed E-state index contributed by atoms with van der Waals surface area (Å²) in [4.78, 5) is 1.66. The highest BCUT2D eigenvalue weighted by atomic mass is 32.2. The van der Waals surface area contributed by atoms with Crippen LogP contribution in [0, 0.1) is 19.8 Å². The minimum atomic E-state index is -3.75. The maximum Gasteiger partial charge on any atom is 0.256 e. The van der Waals surface area contributed by atoms with Crippen LogP contribution >= 0.6 is 23.1 Å². The van der Waals surface area contributed by atoms with E-state index in [1.165, 1.54) is 4.31 Å². The Bertz CT molecular complexity index is 1220. The number of aromatic nitrogens is 2. The van der Waals surface area contributed by atoms with Crippen molar-refractivity contribution in [2.75, 3.05) is 24.3 Å². The molecule has 1 atom stereocenters. The Morgan fingerprint density at radius 3 is 2.52 bits per heavy atom. The van der Waals surface area contributed by atoms with Crippen molar-refractivity contribution in [3.8, 4) is 5.75 Å². The second-order valence-corrected chi connectivity index (χ2v) is 12.4. The molecule has 0 aromatic carbocycles. The van der Waals surface area contributed by atoms with E-state index >= 15 is 0 Å². The molecule has 0 unspecified atom stereocenters. The molecule has 0 aliphatic heterocycles. The lowest BCUT2D eigenvalue weighted by Crippen LogP contribution is -2.28. The van der Waals surface area contributed by atoms with E-state index in [-0.39, 0.29) is 28.0 Å². The molecule has 33 heavy (non-hydrogen) atoms. The molecular formula is C21H29N5O4S3. The van der Waals surface area contributed by atoms with Crippen LogP contribution < -0.4 is 10.2 Å². The summed E-state index contributed by atoms with van der Waals surface area (Å²) in [5.41, 5.74) is 1.45. The lowest BCUT2D eigenvalue weighted by atomic mass is 10.0. The monoisotopic (exact) mass is 511 g/mol. The van der Waals surface area contributed by atoms with Crippen LogP contribution in [-0.4, -0.2) is 46.7 Å². The number of sulfonamides is 1. The Labute approximate surface area is 202 Å². The standard InChI is InChI=1S/C21H29N5O4S3/c1-11(2)17(16-9-12(3)13(4)30-16)22-19-20(24-32-23-19)25(5)15-10-31-21(18(15)27)33(28,29)26(6)14-7-8-14/h9-11,14,17,27H,7-8H2,1-6H3,(H,22,23)/t17-/m1/s1. The van der Waals surface area contributed by atoms with Crippen LogP contribution in [0.4, 0.5) is 17.3 Å². The summed E-state index contributed by atoms with van der Waals surface area (Å²) in [7, 11) is -0.458. The lowest BCUT2D eigenvalue weighted by molar-refractivity contribution is 0.407. The third kappa shape index (κ3) is 4.48. The van der Waals surface area contributed by atoms with Gasteiger partial charge in [-0.1, -0.05) is 13.8 Å². The lowest BCUT2D eigenvalue weighted by Gasteiger charge is -2.23. The number of aryl methyl sites for hydroxylation is 2. The number of nitrogens with zero attached hydrogens (tertiary/aromatic N) is 4. The minimum absolute atomic E-state index is 0.0121. The summed E-state index contributed by atoms with van der Waals surface area (Å²) in [6.07, 6.45) is 1.69. The molecule has 0 bridgehead atoms. The van der Waals surface area contributed by atoms with Crippen LogP contribution in [0.2, 0.25) is 0 Å². The summed E-state index contributed by atoms with van der Waals surface area (Å²) in [6.45, 7) is 8.12. The molecule has 12 heteroatoms. The third-order valence-electron chi connectivity index (χ3n) is 5.99. The molecular weight excluding hydrogens is 482 g/mol. The van der Waals surface area contributed by atoms with Crippen LogP contribution in [0.1, 0.15) is 49.8 Å². The van der Waals surface area contributed by atoms with Crippen molar-refractivity contribution < 1.29 is 17.9 Å². The predicted octanol–water partition coefficient (Wildman–Crippen LogP) is 4.88. The van der Waals surface area contributed by atoms with Crippen LogP contribution in [0.3, 0.4) is 0 Å². The van der Waals surface area contributed by atoms with E-state index in [0.717, 1.165) is 53.0 Å². The van der Waals surface area contributed by atoms with E-state index in [1.54, 1.807) is 24.4 Å². The molecule has 1 saturated carbocycles. The number of hydrogen-bond acceptors (Lipinski definition) is 10. The zero-order valence-corrected chi connectivity index (χ0v) is 21.9. The minimum Gasteiger partial charge on any atom is -0.504 e. The van der Waals surface area contributed by atoms with E-state index in [1.807, 2.05) is 19.9 Å². The maximum absolute atomic E-state index is 12.9. The predicted molar refractivity (Wildman–Crippen MR) is 131 cm³/mol. The Kier molecular flexibility index (Phi) is 6.47. The number of rotatable bonds is 9. The number of anilines is 3. The number of furan rings is 1. The van der Waals surface area contributed by atoms with Crippen LogP contribution in [0.25, 0.3) is 0 Å². The van der Waals surface area contributed by atoms with Gasteiger partial charge in [0.2, 0.25) is 0 Å². The first kappa shape index (κ1) is 24.0. The molecule has 1 fully saturated rings. The number of nitrogens with one attached hydrogen (secondary N) is 1. The molecule has 180 valence electrons.